The Morgan fingerprint density at radius 3 is 3.20 bits per heavy atom. The SMILES string of the molecule is COCCCN1Cc2cccnc2C1=O. The molecule has 80 valence electrons. The molecule has 0 radical (unpaired) electrons. The number of fused-ring (bicyclic) bond motifs is 1. The Balaban J connectivity index is 2.01. The van der Waals surface area contributed by atoms with Crippen molar-refractivity contribution >= 4 is 5.91 Å². The van der Waals surface area contributed by atoms with Crippen molar-refractivity contribution in [2.24, 2.45) is 0 Å². The van der Waals surface area contributed by atoms with Gasteiger partial charge >= 0.3 is 0 Å². The van der Waals surface area contributed by atoms with Crippen LogP contribution in [0.15, 0.2) is 18.3 Å². The van der Waals surface area contributed by atoms with Gasteiger partial charge in [-0.25, -0.2) is 0 Å². The van der Waals surface area contributed by atoms with Gasteiger partial charge in [-0.3, -0.25) is 9.78 Å². The number of rotatable bonds is 4. The van der Waals surface area contributed by atoms with Gasteiger partial charge in [-0.1, -0.05) is 6.07 Å². The predicted molar refractivity (Wildman–Crippen MR) is 55.5 cm³/mol. The van der Waals surface area contributed by atoms with E-state index in [0.29, 0.717) is 18.8 Å². The minimum atomic E-state index is 0.0432. The summed E-state index contributed by atoms with van der Waals surface area (Å²) in [5.41, 5.74) is 1.63. The van der Waals surface area contributed by atoms with Crippen LogP contribution in [0.5, 0.6) is 0 Å². The molecule has 1 aromatic heterocycles. The maximum Gasteiger partial charge on any atom is 0.273 e. The number of carbonyl (C=O) groups is 1. The molecule has 1 aliphatic rings. The molecule has 4 heteroatoms. The Morgan fingerprint density at radius 2 is 2.47 bits per heavy atom. The third-order valence-electron chi connectivity index (χ3n) is 2.52. The molecule has 0 fully saturated rings. The quantitative estimate of drug-likeness (QED) is 0.692. The highest BCUT2D eigenvalue weighted by molar-refractivity contribution is 5.96. The second-order valence-electron chi connectivity index (χ2n) is 3.58. The molecule has 1 aromatic rings. The van der Waals surface area contributed by atoms with E-state index in [4.69, 9.17) is 4.74 Å². The van der Waals surface area contributed by atoms with E-state index in [2.05, 4.69) is 4.98 Å². The van der Waals surface area contributed by atoms with E-state index in [1.807, 2.05) is 17.0 Å². The molecule has 0 aliphatic carbocycles. The number of methoxy groups -OCH3 is 1. The van der Waals surface area contributed by atoms with Crippen molar-refractivity contribution in [1.29, 1.82) is 0 Å². The Hall–Kier alpha value is -1.42. The minimum absolute atomic E-state index is 0.0432. The highest BCUT2D eigenvalue weighted by Gasteiger charge is 2.27. The highest BCUT2D eigenvalue weighted by Crippen LogP contribution is 2.19. The summed E-state index contributed by atoms with van der Waals surface area (Å²) in [4.78, 5) is 17.7. The van der Waals surface area contributed by atoms with Gasteiger partial charge in [-0.05, 0) is 12.5 Å². The van der Waals surface area contributed by atoms with Crippen LogP contribution in [0, 0.1) is 0 Å². The first kappa shape index (κ1) is 10.1. The maximum atomic E-state index is 11.8. The smallest absolute Gasteiger partial charge is 0.273 e. The van der Waals surface area contributed by atoms with E-state index >= 15 is 0 Å². The van der Waals surface area contributed by atoms with Crippen LogP contribution in [0.1, 0.15) is 22.5 Å². The zero-order valence-corrected chi connectivity index (χ0v) is 8.77. The van der Waals surface area contributed by atoms with Crippen LogP contribution in [0.25, 0.3) is 0 Å². The van der Waals surface area contributed by atoms with E-state index in [9.17, 15) is 4.79 Å². The Bertz CT molecular complexity index is 365. The topological polar surface area (TPSA) is 42.4 Å². The van der Waals surface area contributed by atoms with Crippen LogP contribution < -0.4 is 0 Å². The van der Waals surface area contributed by atoms with Crippen molar-refractivity contribution in [3.63, 3.8) is 0 Å². The predicted octanol–water partition coefficient (Wildman–Crippen LogP) is 1.07. The number of ether oxygens (including phenoxy) is 1. The Labute approximate surface area is 88.9 Å². The van der Waals surface area contributed by atoms with Gasteiger partial charge in [-0.2, -0.15) is 0 Å². The average molecular weight is 206 g/mol. The molecule has 2 heterocycles. The summed E-state index contributed by atoms with van der Waals surface area (Å²) in [5, 5.41) is 0. The molecule has 1 amide bonds. The molecule has 0 atom stereocenters. The van der Waals surface area contributed by atoms with Crippen molar-refractivity contribution < 1.29 is 9.53 Å². The van der Waals surface area contributed by atoms with Crippen molar-refractivity contribution in [1.82, 2.24) is 9.88 Å². The first-order valence-corrected chi connectivity index (χ1v) is 5.05. The van der Waals surface area contributed by atoms with E-state index in [1.165, 1.54) is 0 Å². The third kappa shape index (κ3) is 1.99. The van der Waals surface area contributed by atoms with Gasteiger partial charge in [0.25, 0.3) is 5.91 Å². The number of amides is 1. The number of pyridine rings is 1. The van der Waals surface area contributed by atoms with Crippen molar-refractivity contribution in [2.45, 2.75) is 13.0 Å². The van der Waals surface area contributed by atoms with E-state index < -0.39 is 0 Å². The minimum Gasteiger partial charge on any atom is -0.385 e. The van der Waals surface area contributed by atoms with Gasteiger partial charge in [0.05, 0.1) is 0 Å². The number of carbonyl (C=O) groups excluding carboxylic acids is 1. The Kier molecular flexibility index (Phi) is 2.97. The molecule has 0 bridgehead atoms. The molecule has 0 spiro atoms. The standard InChI is InChI=1S/C11H14N2O2/c1-15-7-3-6-13-8-9-4-2-5-12-10(9)11(13)14/h2,4-5H,3,6-8H2,1H3. The van der Waals surface area contributed by atoms with Crippen LogP contribution in [-0.4, -0.2) is 36.1 Å². The van der Waals surface area contributed by atoms with Crippen LogP contribution >= 0.6 is 0 Å². The lowest BCUT2D eigenvalue weighted by atomic mass is 10.2. The number of hydrogen-bond acceptors (Lipinski definition) is 3. The second-order valence-corrected chi connectivity index (χ2v) is 3.58. The third-order valence-corrected chi connectivity index (χ3v) is 2.52. The summed E-state index contributed by atoms with van der Waals surface area (Å²) in [6.45, 7) is 2.11. The fraction of sp³-hybridized carbons (Fsp3) is 0.455. The van der Waals surface area contributed by atoms with Gasteiger partial charge in [0.1, 0.15) is 5.69 Å². The molecule has 4 nitrogen and oxygen atoms in total. The molecular weight excluding hydrogens is 192 g/mol. The summed E-state index contributed by atoms with van der Waals surface area (Å²) in [5.74, 6) is 0.0432. The van der Waals surface area contributed by atoms with Crippen molar-refractivity contribution in [3.8, 4) is 0 Å². The molecule has 1 aliphatic heterocycles. The molecule has 0 unspecified atom stereocenters. The lowest BCUT2D eigenvalue weighted by Gasteiger charge is -2.14. The largest absolute Gasteiger partial charge is 0.385 e. The van der Waals surface area contributed by atoms with Crippen LogP contribution in [0.4, 0.5) is 0 Å². The number of nitrogens with zero attached hydrogens (tertiary/aromatic N) is 2. The number of hydrogen-bond donors (Lipinski definition) is 0. The molecule has 0 N–H and O–H groups in total. The summed E-state index contributed by atoms with van der Waals surface area (Å²) in [6.07, 6.45) is 2.53. The summed E-state index contributed by atoms with van der Waals surface area (Å²) >= 11 is 0. The van der Waals surface area contributed by atoms with Gasteiger partial charge < -0.3 is 9.64 Å². The first-order chi connectivity index (χ1) is 7.33. The lowest BCUT2D eigenvalue weighted by Crippen LogP contribution is -2.26. The van der Waals surface area contributed by atoms with Gasteiger partial charge in [0.15, 0.2) is 0 Å². The Morgan fingerprint density at radius 1 is 1.60 bits per heavy atom. The highest BCUT2D eigenvalue weighted by atomic mass is 16.5. The monoisotopic (exact) mass is 206 g/mol. The second kappa shape index (κ2) is 4.40. The summed E-state index contributed by atoms with van der Waals surface area (Å²) in [6, 6.07) is 3.82. The van der Waals surface area contributed by atoms with Gasteiger partial charge in [0.2, 0.25) is 0 Å². The molecule has 0 saturated heterocycles. The summed E-state index contributed by atoms with van der Waals surface area (Å²) < 4.78 is 4.96. The van der Waals surface area contributed by atoms with E-state index in [-0.39, 0.29) is 5.91 Å². The number of aromatic nitrogens is 1. The lowest BCUT2D eigenvalue weighted by molar-refractivity contribution is 0.0756. The zero-order chi connectivity index (χ0) is 10.7. The van der Waals surface area contributed by atoms with Gasteiger partial charge in [-0.15, -0.1) is 0 Å². The van der Waals surface area contributed by atoms with Crippen LogP contribution in [0.2, 0.25) is 0 Å². The van der Waals surface area contributed by atoms with Crippen LogP contribution in [0.3, 0.4) is 0 Å². The molecule has 2 rings (SSSR count). The zero-order valence-electron chi connectivity index (χ0n) is 8.77. The average Bonchev–Trinajstić information content (AvgIpc) is 2.57. The van der Waals surface area contributed by atoms with Crippen molar-refractivity contribution in [2.75, 3.05) is 20.3 Å². The molecule has 15 heavy (non-hydrogen) atoms. The van der Waals surface area contributed by atoms with Crippen molar-refractivity contribution in [3.05, 3.63) is 29.6 Å². The van der Waals surface area contributed by atoms with Gasteiger partial charge in [0, 0.05) is 38.6 Å². The fourth-order valence-corrected chi connectivity index (χ4v) is 1.77. The normalized spacial score (nSPS) is 14.5. The van der Waals surface area contributed by atoms with E-state index in [1.54, 1.807) is 13.3 Å². The van der Waals surface area contributed by atoms with E-state index in [0.717, 1.165) is 18.5 Å². The fourth-order valence-electron chi connectivity index (χ4n) is 1.77. The van der Waals surface area contributed by atoms with Crippen LogP contribution in [-0.2, 0) is 11.3 Å². The molecule has 0 aromatic carbocycles. The molecular formula is C11H14N2O2. The maximum absolute atomic E-state index is 11.8. The first-order valence-electron chi connectivity index (χ1n) is 5.05. The molecule has 0 saturated carbocycles. The summed E-state index contributed by atoms with van der Waals surface area (Å²) in [7, 11) is 1.67.